The van der Waals surface area contributed by atoms with Gasteiger partial charge in [-0.05, 0) is 49.0 Å². The van der Waals surface area contributed by atoms with Crippen molar-refractivity contribution in [2.75, 3.05) is 18.1 Å². The first-order valence-electron chi connectivity index (χ1n) is 6.29. The highest BCUT2D eigenvalue weighted by molar-refractivity contribution is 7.99. The van der Waals surface area contributed by atoms with Gasteiger partial charge in [0.15, 0.2) is 0 Å². The molecule has 17 heavy (non-hydrogen) atoms. The molecule has 1 aliphatic heterocycles. The van der Waals surface area contributed by atoms with Crippen molar-refractivity contribution in [3.63, 3.8) is 0 Å². The van der Waals surface area contributed by atoms with Crippen LogP contribution in [0.3, 0.4) is 0 Å². The molecule has 4 heteroatoms. The number of hydrogen-bond acceptors (Lipinski definition) is 3. The molecule has 0 aromatic heterocycles. The van der Waals surface area contributed by atoms with E-state index in [0.717, 1.165) is 25.7 Å². The third-order valence-electron chi connectivity index (χ3n) is 3.20. The van der Waals surface area contributed by atoms with Crippen LogP contribution in [0, 0.1) is 11.8 Å². The Hall–Kier alpha value is -0.480. The molecule has 2 N–H and O–H groups in total. The van der Waals surface area contributed by atoms with Crippen LogP contribution in [0.5, 0.6) is 0 Å². The summed E-state index contributed by atoms with van der Waals surface area (Å²) in [6.45, 7) is 0.296. The zero-order chi connectivity index (χ0) is 12.5. The number of rotatable bonds is 8. The fourth-order valence-corrected chi connectivity index (χ4v) is 3.74. The topological polar surface area (TPSA) is 57.5 Å². The van der Waals surface area contributed by atoms with Crippen LogP contribution in [0.2, 0.25) is 0 Å². The van der Waals surface area contributed by atoms with E-state index in [1.165, 1.54) is 11.5 Å². The molecule has 0 amide bonds. The van der Waals surface area contributed by atoms with Gasteiger partial charge in [-0.25, -0.2) is 0 Å². The third-order valence-corrected chi connectivity index (χ3v) is 4.53. The lowest BCUT2D eigenvalue weighted by Gasteiger charge is -2.15. The van der Waals surface area contributed by atoms with Crippen molar-refractivity contribution >= 4 is 17.7 Å². The van der Waals surface area contributed by atoms with E-state index < -0.39 is 5.97 Å². The van der Waals surface area contributed by atoms with E-state index >= 15 is 0 Å². The fourth-order valence-electron chi connectivity index (χ4n) is 2.15. The summed E-state index contributed by atoms with van der Waals surface area (Å²) in [6, 6.07) is 0. The fraction of sp³-hybridized carbons (Fsp3) is 0.769. The lowest BCUT2D eigenvalue weighted by Crippen LogP contribution is -2.13. The number of carboxylic acids is 1. The van der Waals surface area contributed by atoms with Gasteiger partial charge in [-0.15, -0.1) is 0 Å². The second-order valence-corrected chi connectivity index (χ2v) is 5.64. The van der Waals surface area contributed by atoms with Crippen LogP contribution in [0.4, 0.5) is 0 Å². The predicted molar refractivity (Wildman–Crippen MR) is 71.3 cm³/mol. The molecular formula is C13H22O3S. The quantitative estimate of drug-likeness (QED) is 0.519. The van der Waals surface area contributed by atoms with Crippen LogP contribution in [0.15, 0.2) is 12.2 Å². The lowest BCUT2D eigenvalue weighted by atomic mass is 9.90. The maximum Gasteiger partial charge on any atom is 0.303 e. The smallest absolute Gasteiger partial charge is 0.303 e. The van der Waals surface area contributed by atoms with Crippen LogP contribution < -0.4 is 0 Å². The minimum absolute atomic E-state index is 0.261. The molecule has 0 aliphatic carbocycles. The summed E-state index contributed by atoms with van der Waals surface area (Å²) in [5, 5.41) is 17.4. The first-order chi connectivity index (χ1) is 8.24. The number of aliphatic carboxylic acids is 1. The Bertz CT molecular complexity index is 253. The highest BCUT2D eigenvalue weighted by Gasteiger charge is 2.25. The SMILES string of the molecule is O=C(O)CCC/C=C\C[C@H]1CSC[C@H]1CCO. The van der Waals surface area contributed by atoms with Gasteiger partial charge < -0.3 is 10.2 Å². The second-order valence-electron chi connectivity index (χ2n) is 4.56. The molecule has 0 bridgehead atoms. The monoisotopic (exact) mass is 258 g/mol. The summed E-state index contributed by atoms with van der Waals surface area (Å²) in [5.41, 5.74) is 0. The highest BCUT2D eigenvalue weighted by Crippen LogP contribution is 2.34. The summed E-state index contributed by atoms with van der Waals surface area (Å²) in [5.74, 6) is 3.02. The molecule has 0 spiro atoms. The van der Waals surface area contributed by atoms with Crippen LogP contribution >= 0.6 is 11.8 Å². The second kappa shape index (κ2) is 8.59. The van der Waals surface area contributed by atoms with Crippen molar-refractivity contribution in [2.24, 2.45) is 11.8 Å². The number of allylic oxidation sites excluding steroid dienone is 2. The van der Waals surface area contributed by atoms with Gasteiger partial charge in [-0.3, -0.25) is 4.79 Å². The molecule has 0 saturated carbocycles. The molecule has 0 radical (unpaired) electrons. The van der Waals surface area contributed by atoms with Gasteiger partial charge in [0, 0.05) is 13.0 Å². The molecule has 3 nitrogen and oxygen atoms in total. The van der Waals surface area contributed by atoms with Gasteiger partial charge in [0.25, 0.3) is 0 Å². The number of thioether (sulfide) groups is 1. The molecule has 1 heterocycles. The van der Waals surface area contributed by atoms with E-state index in [1.54, 1.807) is 0 Å². The van der Waals surface area contributed by atoms with Crippen molar-refractivity contribution in [1.82, 2.24) is 0 Å². The minimum atomic E-state index is -0.714. The molecular weight excluding hydrogens is 236 g/mol. The van der Waals surface area contributed by atoms with E-state index in [2.05, 4.69) is 12.2 Å². The van der Waals surface area contributed by atoms with E-state index in [4.69, 9.17) is 10.2 Å². The van der Waals surface area contributed by atoms with Crippen LogP contribution in [-0.4, -0.2) is 34.3 Å². The summed E-state index contributed by atoms with van der Waals surface area (Å²) >= 11 is 1.98. The Kier molecular flexibility index (Phi) is 7.37. The number of aliphatic hydroxyl groups is 1. The molecule has 0 aromatic carbocycles. The van der Waals surface area contributed by atoms with Crippen molar-refractivity contribution in [2.45, 2.75) is 32.1 Å². The third kappa shape index (κ3) is 6.13. The van der Waals surface area contributed by atoms with E-state index in [-0.39, 0.29) is 6.42 Å². The molecule has 1 fully saturated rings. The lowest BCUT2D eigenvalue weighted by molar-refractivity contribution is -0.137. The van der Waals surface area contributed by atoms with E-state index in [1.807, 2.05) is 11.8 Å². The first kappa shape index (κ1) is 14.6. The van der Waals surface area contributed by atoms with Gasteiger partial charge in [0.2, 0.25) is 0 Å². The van der Waals surface area contributed by atoms with Gasteiger partial charge in [-0.1, -0.05) is 12.2 Å². The van der Waals surface area contributed by atoms with Crippen LogP contribution in [0.25, 0.3) is 0 Å². The summed E-state index contributed by atoms with van der Waals surface area (Å²) in [4.78, 5) is 10.3. The normalized spacial score (nSPS) is 24.5. The van der Waals surface area contributed by atoms with Crippen LogP contribution in [-0.2, 0) is 4.79 Å². The molecule has 0 aromatic rings. The van der Waals surface area contributed by atoms with Crippen molar-refractivity contribution < 1.29 is 15.0 Å². The average molecular weight is 258 g/mol. The van der Waals surface area contributed by atoms with Crippen molar-refractivity contribution in [3.8, 4) is 0 Å². The Morgan fingerprint density at radius 1 is 1.29 bits per heavy atom. The first-order valence-corrected chi connectivity index (χ1v) is 7.45. The summed E-state index contributed by atoms with van der Waals surface area (Å²) in [7, 11) is 0. The highest BCUT2D eigenvalue weighted by atomic mass is 32.2. The Balaban J connectivity index is 2.12. The molecule has 98 valence electrons. The maximum atomic E-state index is 10.3. The molecule has 1 rings (SSSR count). The molecule has 2 atom stereocenters. The number of hydrogen-bond donors (Lipinski definition) is 2. The van der Waals surface area contributed by atoms with E-state index in [0.29, 0.717) is 18.4 Å². The molecule has 1 aliphatic rings. The zero-order valence-electron chi connectivity index (χ0n) is 10.2. The average Bonchev–Trinajstić information content (AvgIpc) is 2.71. The molecule has 0 unspecified atom stereocenters. The predicted octanol–water partition coefficient (Wildman–Crippen LogP) is 2.55. The van der Waals surface area contributed by atoms with Gasteiger partial charge >= 0.3 is 5.97 Å². The standard InChI is InChI=1S/C13H22O3S/c14-8-7-12-10-17-9-11(12)5-3-1-2-4-6-13(15)16/h1,3,11-12,14H,2,4-10H2,(H,15,16)/b3-1-/t11-,12+/m0/s1. The van der Waals surface area contributed by atoms with Crippen LogP contribution in [0.1, 0.15) is 32.1 Å². The summed E-state index contributed by atoms with van der Waals surface area (Å²) < 4.78 is 0. The Morgan fingerprint density at radius 3 is 2.76 bits per heavy atom. The Labute approximate surface area is 107 Å². The number of unbranched alkanes of at least 4 members (excludes halogenated alkanes) is 1. The minimum Gasteiger partial charge on any atom is -0.481 e. The zero-order valence-corrected chi connectivity index (χ0v) is 11.0. The van der Waals surface area contributed by atoms with Crippen molar-refractivity contribution in [3.05, 3.63) is 12.2 Å². The van der Waals surface area contributed by atoms with Gasteiger partial charge in [-0.2, -0.15) is 11.8 Å². The number of aliphatic hydroxyl groups excluding tert-OH is 1. The van der Waals surface area contributed by atoms with Gasteiger partial charge in [0.05, 0.1) is 0 Å². The maximum absolute atomic E-state index is 10.3. The number of carbonyl (C=O) groups is 1. The largest absolute Gasteiger partial charge is 0.481 e. The van der Waals surface area contributed by atoms with Gasteiger partial charge in [0.1, 0.15) is 0 Å². The van der Waals surface area contributed by atoms with Crippen molar-refractivity contribution in [1.29, 1.82) is 0 Å². The van der Waals surface area contributed by atoms with E-state index in [9.17, 15) is 4.79 Å². The molecule has 1 saturated heterocycles. The Morgan fingerprint density at radius 2 is 2.06 bits per heavy atom. The number of carboxylic acid groups (broad SMARTS) is 1. The summed E-state index contributed by atoms with van der Waals surface area (Å²) in [6.07, 6.45) is 8.12.